The summed E-state index contributed by atoms with van der Waals surface area (Å²) >= 11 is 0. The molecule has 0 fully saturated rings. The van der Waals surface area contributed by atoms with Crippen LogP contribution in [0.15, 0.2) is 0 Å². The van der Waals surface area contributed by atoms with Gasteiger partial charge in [0, 0.05) is 0 Å². The van der Waals surface area contributed by atoms with Crippen LogP contribution < -0.4 is 5.73 Å². The van der Waals surface area contributed by atoms with Gasteiger partial charge in [0.1, 0.15) is 0 Å². The highest BCUT2D eigenvalue weighted by Gasteiger charge is 2.07. The van der Waals surface area contributed by atoms with Crippen molar-refractivity contribution >= 4 is 5.97 Å². The minimum absolute atomic E-state index is 0.252. The van der Waals surface area contributed by atoms with Crippen molar-refractivity contribution in [3.8, 4) is 0 Å². The summed E-state index contributed by atoms with van der Waals surface area (Å²) in [5, 5.41) is 16.6. The van der Waals surface area contributed by atoms with E-state index in [2.05, 4.69) is 0 Å². The molecule has 5 heteroatoms. The van der Waals surface area contributed by atoms with Gasteiger partial charge in [-0.05, 0) is 7.05 Å². The summed E-state index contributed by atoms with van der Waals surface area (Å²) in [7, 11) is 1.42. The van der Waals surface area contributed by atoms with Gasteiger partial charge in [-0.15, -0.1) is 0 Å². The summed E-state index contributed by atoms with van der Waals surface area (Å²) < 4.78 is 0. The summed E-state index contributed by atoms with van der Waals surface area (Å²) in [6.07, 6.45) is -1.19. The van der Waals surface area contributed by atoms with E-state index >= 15 is 0 Å². The molecule has 0 aromatic heterocycles. The van der Waals surface area contributed by atoms with Crippen LogP contribution in [0, 0.1) is 0 Å². The second-order valence-corrected chi connectivity index (χ2v) is 1.72. The molecular weight excluding hydrogens is 124 g/mol. The Morgan fingerprint density at radius 2 is 2.33 bits per heavy atom. The zero-order valence-corrected chi connectivity index (χ0v) is 5.11. The van der Waals surface area contributed by atoms with E-state index in [1.807, 2.05) is 0 Å². The fourth-order valence-electron chi connectivity index (χ4n) is 0.307. The fourth-order valence-corrected chi connectivity index (χ4v) is 0.307. The van der Waals surface area contributed by atoms with Crippen LogP contribution in [-0.4, -0.2) is 41.0 Å². The minimum Gasteiger partial charge on any atom is -0.480 e. The van der Waals surface area contributed by atoms with Crippen molar-refractivity contribution in [2.45, 2.75) is 6.35 Å². The average Bonchev–Trinajstić information content (AvgIpc) is 1.63. The highest BCUT2D eigenvalue weighted by Crippen LogP contribution is 1.81. The number of carboxylic acids is 1. The van der Waals surface area contributed by atoms with Crippen molar-refractivity contribution in [2.24, 2.45) is 5.73 Å². The van der Waals surface area contributed by atoms with Crippen molar-refractivity contribution in [1.29, 1.82) is 0 Å². The zero-order valence-electron chi connectivity index (χ0n) is 5.11. The van der Waals surface area contributed by atoms with E-state index < -0.39 is 12.3 Å². The number of aliphatic hydroxyl groups excluding tert-OH is 1. The first-order valence-electron chi connectivity index (χ1n) is 2.39. The molecule has 5 nitrogen and oxygen atoms in total. The third-order valence-electron chi connectivity index (χ3n) is 0.836. The Morgan fingerprint density at radius 1 is 1.89 bits per heavy atom. The van der Waals surface area contributed by atoms with E-state index in [0.717, 1.165) is 4.90 Å². The van der Waals surface area contributed by atoms with Crippen LogP contribution in [0.4, 0.5) is 0 Å². The van der Waals surface area contributed by atoms with Crippen molar-refractivity contribution < 1.29 is 15.0 Å². The highest BCUT2D eigenvalue weighted by molar-refractivity contribution is 5.68. The molecule has 0 radical (unpaired) electrons. The van der Waals surface area contributed by atoms with Gasteiger partial charge in [0.2, 0.25) is 0 Å². The van der Waals surface area contributed by atoms with Crippen molar-refractivity contribution in [3.05, 3.63) is 0 Å². The number of hydrogen-bond donors (Lipinski definition) is 3. The Morgan fingerprint density at radius 3 is 2.44 bits per heavy atom. The molecule has 0 bridgehead atoms. The van der Waals surface area contributed by atoms with Crippen molar-refractivity contribution in [3.63, 3.8) is 0 Å². The largest absolute Gasteiger partial charge is 0.480 e. The molecule has 0 amide bonds. The smallest absolute Gasteiger partial charge is 0.317 e. The van der Waals surface area contributed by atoms with Gasteiger partial charge >= 0.3 is 5.97 Å². The maximum atomic E-state index is 9.91. The van der Waals surface area contributed by atoms with Crippen LogP contribution in [-0.2, 0) is 4.79 Å². The van der Waals surface area contributed by atoms with Gasteiger partial charge in [-0.2, -0.15) is 0 Å². The zero-order chi connectivity index (χ0) is 7.44. The lowest BCUT2D eigenvalue weighted by molar-refractivity contribution is -0.140. The Kier molecular flexibility index (Phi) is 3.15. The molecule has 9 heavy (non-hydrogen) atoms. The number of aliphatic hydroxyl groups is 1. The lowest BCUT2D eigenvalue weighted by atomic mass is 10.6. The fraction of sp³-hybridized carbons (Fsp3) is 0.750. The van der Waals surface area contributed by atoms with E-state index in [-0.39, 0.29) is 6.54 Å². The molecule has 4 N–H and O–H groups in total. The summed E-state index contributed by atoms with van der Waals surface area (Å²) in [5.74, 6) is -1.01. The van der Waals surface area contributed by atoms with Crippen LogP contribution >= 0.6 is 0 Å². The number of hydrogen-bond acceptors (Lipinski definition) is 4. The lowest BCUT2D eigenvalue weighted by Crippen LogP contribution is -2.41. The summed E-state index contributed by atoms with van der Waals surface area (Å²) in [6, 6.07) is 0. The molecule has 0 spiro atoms. The highest BCUT2D eigenvalue weighted by atomic mass is 16.4. The van der Waals surface area contributed by atoms with Gasteiger partial charge in [-0.3, -0.25) is 15.4 Å². The first-order valence-corrected chi connectivity index (χ1v) is 2.39. The normalized spacial score (nSPS) is 13.8. The molecule has 0 rings (SSSR count). The number of nitrogens with zero attached hydrogens (tertiary/aromatic N) is 1. The molecule has 1 unspecified atom stereocenters. The maximum absolute atomic E-state index is 9.91. The van der Waals surface area contributed by atoms with Crippen molar-refractivity contribution in [2.75, 3.05) is 13.6 Å². The van der Waals surface area contributed by atoms with Gasteiger partial charge in [0.05, 0.1) is 6.54 Å². The van der Waals surface area contributed by atoms with E-state index in [4.69, 9.17) is 15.9 Å². The van der Waals surface area contributed by atoms with Gasteiger partial charge in [-0.1, -0.05) is 0 Å². The predicted molar refractivity (Wildman–Crippen MR) is 30.5 cm³/mol. The summed E-state index contributed by atoms with van der Waals surface area (Å²) in [4.78, 5) is 11.0. The van der Waals surface area contributed by atoms with Crippen molar-refractivity contribution in [1.82, 2.24) is 4.90 Å². The standard InChI is InChI=1S/C4H10N2O3/c1-6(4(5)9)2-3(7)8/h4,9H,2,5H2,1H3,(H,7,8). The number of nitrogens with two attached hydrogens (primary N) is 1. The van der Waals surface area contributed by atoms with Crippen LogP contribution in [0.5, 0.6) is 0 Å². The average molecular weight is 134 g/mol. The number of carbonyl (C=O) groups is 1. The molecule has 1 atom stereocenters. The van der Waals surface area contributed by atoms with Gasteiger partial charge in [-0.25, -0.2) is 0 Å². The molecule has 0 aliphatic heterocycles. The second-order valence-electron chi connectivity index (χ2n) is 1.72. The Balaban J connectivity index is 3.50. The Bertz CT molecular complexity index is 104. The molecule has 0 aliphatic rings. The lowest BCUT2D eigenvalue weighted by Gasteiger charge is -2.15. The van der Waals surface area contributed by atoms with Gasteiger partial charge in [0.25, 0.3) is 0 Å². The third-order valence-corrected chi connectivity index (χ3v) is 0.836. The van der Waals surface area contributed by atoms with Gasteiger partial charge in [0.15, 0.2) is 6.35 Å². The molecular formula is C4H10N2O3. The SMILES string of the molecule is CN(CC(=O)O)C(N)O. The topological polar surface area (TPSA) is 86.8 Å². The molecule has 0 saturated heterocycles. The quantitative estimate of drug-likeness (QED) is 0.398. The third kappa shape index (κ3) is 3.89. The molecule has 54 valence electrons. The molecule has 0 aromatic rings. The summed E-state index contributed by atoms with van der Waals surface area (Å²) in [6.45, 7) is -0.252. The summed E-state index contributed by atoms with van der Waals surface area (Å²) in [5.41, 5.74) is 4.90. The number of rotatable bonds is 3. The van der Waals surface area contributed by atoms with Crippen LogP contribution in [0.25, 0.3) is 0 Å². The Labute approximate surface area is 52.7 Å². The van der Waals surface area contributed by atoms with Crippen LogP contribution in [0.3, 0.4) is 0 Å². The first kappa shape index (κ1) is 8.35. The Hall–Kier alpha value is -0.650. The molecule has 0 heterocycles. The monoisotopic (exact) mass is 134 g/mol. The van der Waals surface area contributed by atoms with Gasteiger partial charge < -0.3 is 10.2 Å². The minimum atomic E-state index is -1.19. The predicted octanol–water partition coefficient (Wildman–Crippen LogP) is -1.76. The van der Waals surface area contributed by atoms with E-state index in [1.54, 1.807) is 0 Å². The number of aliphatic carboxylic acids is 1. The van der Waals surface area contributed by atoms with Crippen LogP contribution in [0.1, 0.15) is 0 Å². The molecule has 0 saturated carbocycles. The molecule has 0 aliphatic carbocycles. The van der Waals surface area contributed by atoms with E-state index in [1.165, 1.54) is 7.05 Å². The number of likely N-dealkylation sites (N-methyl/N-ethyl adjacent to an activating group) is 1. The number of carboxylic acid groups (broad SMARTS) is 1. The maximum Gasteiger partial charge on any atom is 0.317 e. The molecule has 0 aromatic carbocycles. The van der Waals surface area contributed by atoms with Crippen LogP contribution in [0.2, 0.25) is 0 Å². The van der Waals surface area contributed by atoms with E-state index in [9.17, 15) is 4.79 Å². The second kappa shape index (κ2) is 3.39. The first-order chi connectivity index (χ1) is 4.04. The van der Waals surface area contributed by atoms with E-state index in [0.29, 0.717) is 0 Å².